The van der Waals surface area contributed by atoms with E-state index in [1.54, 1.807) is 0 Å². The van der Waals surface area contributed by atoms with Gasteiger partial charge in [-0.15, -0.1) is 71.8 Å². The Morgan fingerprint density at radius 1 is 0.364 bits per heavy atom. The maximum absolute atomic E-state index is 10.7. The van der Waals surface area contributed by atoms with E-state index >= 15 is 0 Å². The van der Waals surface area contributed by atoms with E-state index in [4.69, 9.17) is 9.97 Å². The van der Waals surface area contributed by atoms with Crippen LogP contribution in [0.25, 0.3) is 67.5 Å². The summed E-state index contributed by atoms with van der Waals surface area (Å²) in [5.41, 5.74) is 17.5. The van der Waals surface area contributed by atoms with E-state index < -0.39 is 15.6 Å². The molecule has 0 bridgehead atoms. The van der Waals surface area contributed by atoms with Gasteiger partial charge >= 0.3 is 108 Å². The molecule has 6 heterocycles. The van der Waals surface area contributed by atoms with Gasteiger partial charge < -0.3 is 19.6 Å². The van der Waals surface area contributed by atoms with Gasteiger partial charge in [0.1, 0.15) is 0 Å². The van der Waals surface area contributed by atoms with Gasteiger partial charge in [-0.05, 0) is 165 Å². The van der Waals surface area contributed by atoms with Crippen molar-refractivity contribution >= 4 is 15.6 Å². The number of halogens is 12. The second kappa shape index (κ2) is 32.3. The minimum absolute atomic E-state index is 0. The predicted octanol–water partition coefficient (Wildman–Crippen LogP) is 25.5. The maximum atomic E-state index is 9.87. The number of aromatic nitrogens is 4. The first-order valence-corrected chi connectivity index (χ1v) is 35.9. The second-order valence-electron chi connectivity index (χ2n) is 27.9. The van der Waals surface area contributed by atoms with Crippen LogP contribution in [0.5, 0.6) is 0 Å². The van der Waals surface area contributed by atoms with Gasteiger partial charge in [0.25, 0.3) is 0 Å². The fourth-order valence-electron chi connectivity index (χ4n) is 9.57. The fourth-order valence-corrected chi connectivity index (χ4v) is 9.57. The molecule has 0 saturated carbocycles. The third-order valence-electron chi connectivity index (χ3n) is 14.8. The Morgan fingerprint density at radius 3 is 0.909 bits per heavy atom. The molecule has 10 rings (SSSR count). The molecule has 4 aromatic heterocycles. The summed E-state index contributed by atoms with van der Waals surface area (Å²) in [5.74, 6) is 0. The molecule has 0 aliphatic carbocycles. The molecule has 540 valence electrons. The van der Waals surface area contributed by atoms with Crippen LogP contribution in [0.1, 0.15) is 145 Å². The van der Waals surface area contributed by atoms with Gasteiger partial charge in [-0.2, -0.15) is 13.3 Å². The zero-order valence-electron chi connectivity index (χ0n) is 58.1. The first-order chi connectivity index (χ1) is 44.4. The third-order valence-corrected chi connectivity index (χ3v) is 14.8. The van der Waals surface area contributed by atoms with Crippen LogP contribution in [0.3, 0.4) is 0 Å². The minimum Gasteiger partial charge on any atom is 4.00 e. The van der Waals surface area contributed by atoms with Gasteiger partial charge in [-0.3, -0.25) is 19.9 Å². The molecule has 0 unspecified atom stereocenters. The van der Waals surface area contributed by atoms with Crippen molar-refractivity contribution in [3.63, 3.8) is 0 Å². The summed E-state index contributed by atoms with van der Waals surface area (Å²) in [6, 6.07) is 57.2. The molecule has 0 saturated heterocycles. The van der Waals surface area contributed by atoms with E-state index in [0.717, 1.165) is 76.2 Å². The zero-order chi connectivity index (χ0) is 72.2. The summed E-state index contributed by atoms with van der Waals surface area (Å²) in [7, 11) is -21.3. The Kier molecular flexibility index (Phi) is 27.7. The molecule has 0 radical (unpaired) electrons. The molecule has 8 nitrogen and oxygen atoms in total. The predicted molar refractivity (Wildman–Crippen MR) is 375 cm³/mol. The standard InChI is InChI=1S/2C30H31N2.C15H26N4.2F6P.2Pt/c2*1-29(2,3)24-16-22(17-25(20-24)30(4,5)6)23-18-27(21-12-8-7-9-13-21)32-28(19-23)26-14-10-11-15-31-26;1-3-5-7-16-9-11-18(13-16)15-19-12-10-17(14-19)8-6-4-2;2*1-7(2,3,4,5)6;;/h2*7-12,14-20H,1-6H3;9-14H,3-8,15H2,1-2H3;;;;/q2*-1;-2;2*-1;2*+4. The maximum Gasteiger partial charge on any atom is 4.00 e. The molecule has 0 spiro atoms. The summed E-state index contributed by atoms with van der Waals surface area (Å²) in [6.07, 6.45) is 17.2. The monoisotopic (exact) mass is 1780 g/mol. The van der Waals surface area contributed by atoms with Crippen LogP contribution in [0.15, 0.2) is 183 Å². The number of nitrogens with zero attached hydrogens (tertiary/aromatic N) is 8. The van der Waals surface area contributed by atoms with Gasteiger partial charge in [0, 0.05) is 19.1 Å². The number of unbranched alkanes of at least 4 members (excludes halogenated alkanes) is 2. The van der Waals surface area contributed by atoms with Gasteiger partial charge in [0.15, 0.2) is 0 Å². The Balaban J connectivity index is 0.000000291. The smallest absolute Gasteiger partial charge is 4.00 e. The van der Waals surface area contributed by atoms with E-state index in [9.17, 15) is 50.4 Å². The van der Waals surface area contributed by atoms with Crippen molar-refractivity contribution in [3.8, 4) is 67.5 Å². The van der Waals surface area contributed by atoms with Crippen LogP contribution in [0, 0.1) is 25.5 Å². The Morgan fingerprint density at radius 2 is 0.646 bits per heavy atom. The van der Waals surface area contributed by atoms with E-state index in [1.165, 1.54) is 59.1 Å². The summed E-state index contributed by atoms with van der Waals surface area (Å²) >= 11 is 0. The summed E-state index contributed by atoms with van der Waals surface area (Å²) in [4.78, 5) is 28.0. The van der Waals surface area contributed by atoms with Crippen molar-refractivity contribution in [1.29, 1.82) is 0 Å². The van der Waals surface area contributed by atoms with E-state index in [1.807, 2.05) is 85.2 Å². The quantitative estimate of drug-likeness (QED) is 0.0606. The first-order valence-electron chi connectivity index (χ1n) is 31.8. The topological polar surface area (TPSA) is 64.5 Å². The normalized spacial score (nSPS) is 14.6. The van der Waals surface area contributed by atoms with Crippen molar-refractivity contribution in [3.05, 3.63) is 231 Å². The average molecular weight is 1780 g/mol. The van der Waals surface area contributed by atoms with Gasteiger partial charge in [0.2, 0.25) is 0 Å². The molecule has 99 heavy (non-hydrogen) atoms. The SMILES string of the molecule is CC(C)(C)c1cc(-c2cc(-c3[c-]cccc3)nc(-c3ccccn3)c2)cc(C(C)(C)C)c1.CC(C)(C)c1cc(-c2cc(-c3[c-]cccc3)nc(-c3ccccn3)c2)cc(C(C)(C)C)c1.CCCCN1C=CN(CN2C=CN(CCCC)[CH-]2)[CH-]1.F[P-](F)(F)(F)(F)F.F[P-](F)(F)(F)(F)F.[Pt+4].[Pt+4]. The molecule has 0 atom stereocenters. The largest absolute Gasteiger partial charge is 4.00 e. The average Bonchev–Trinajstić information content (AvgIpc) is 1.55. The van der Waals surface area contributed by atoms with Crippen LogP contribution in [0.4, 0.5) is 50.4 Å². The van der Waals surface area contributed by atoms with Crippen LogP contribution in [-0.2, 0) is 63.8 Å². The summed E-state index contributed by atoms with van der Waals surface area (Å²) in [5, 5.41) is 0. The van der Waals surface area contributed by atoms with Gasteiger partial charge in [-0.1, -0.05) is 170 Å². The Labute approximate surface area is 605 Å². The molecule has 4 aromatic carbocycles. The van der Waals surface area contributed by atoms with Crippen LogP contribution < -0.4 is 0 Å². The van der Waals surface area contributed by atoms with E-state index in [-0.39, 0.29) is 63.8 Å². The third kappa shape index (κ3) is 32.0. The summed E-state index contributed by atoms with van der Waals surface area (Å²) < 4.78 is 118. The number of pyridine rings is 4. The second-order valence-corrected chi connectivity index (χ2v) is 31.8. The number of hydrogen-bond donors (Lipinski definition) is 0. The van der Waals surface area contributed by atoms with Crippen molar-refractivity contribution in [2.75, 3.05) is 19.8 Å². The van der Waals surface area contributed by atoms with Gasteiger partial charge in [0.05, 0.1) is 22.8 Å². The van der Waals surface area contributed by atoms with Crippen molar-refractivity contribution in [2.24, 2.45) is 0 Å². The molecule has 0 amide bonds. The number of benzene rings is 4. The molecular formula is C75H88F12N8P2Pt2+2. The summed E-state index contributed by atoms with van der Waals surface area (Å²) in [6.45, 7) is 39.2. The first kappa shape index (κ1) is 85.0. The fraction of sp³-hybridized carbons (Fsp3) is 0.333. The van der Waals surface area contributed by atoms with Crippen molar-refractivity contribution in [1.82, 2.24) is 39.5 Å². The molecule has 2 aliphatic heterocycles. The molecule has 8 aromatic rings. The molecule has 0 fully saturated rings. The Hall–Kier alpha value is -6.44. The van der Waals surface area contributed by atoms with Crippen molar-refractivity contribution < 1.29 is 92.5 Å². The van der Waals surface area contributed by atoms with Crippen LogP contribution in [0.2, 0.25) is 0 Å². The molecule has 2 aliphatic rings. The molecular weight excluding hydrogens is 1690 g/mol. The molecule has 24 heteroatoms. The minimum atomic E-state index is -10.7. The number of rotatable bonds is 14. The Bertz CT molecular complexity index is 3480. The zero-order valence-corrected chi connectivity index (χ0v) is 64.4. The van der Waals surface area contributed by atoms with Crippen LogP contribution >= 0.6 is 15.6 Å². The molecule has 0 N–H and O–H groups in total. The number of hydrogen-bond acceptors (Lipinski definition) is 8. The van der Waals surface area contributed by atoms with E-state index in [2.05, 4.69) is 250 Å². The van der Waals surface area contributed by atoms with E-state index in [0.29, 0.717) is 0 Å². The van der Waals surface area contributed by atoms with Crippen molar-refractivity contribution in [2.45, 2.75) is 144 Å². The van der Waals surface area contributed by atoms with Crippen LogP contribution in [-0.4, -0.2) is 59.3 Å². The van der Waals surface area contributed by atoms with Gasteiger partial charge in [-0.25, -0.2) is 0 Å².